The third-order valence-corrected chi connectivity index (χ3v) is 4.36. The van der Waals surface area contributed by atoms with Gasteiger partial charge in [0.2, 0.25) is 0 Å². The molecule has 2 heterocycles. The molecular weight excluding hydrogens is 321 g/mol. The number of urea groups is 1. The zero-order valence-corrected chi connectivity index (χ0v) is 14.4. The number of rotatable bonds is 3. The molecule has 1 atom stereocenters. The lowest BCUT2D eigenvalue weighted by Crippen LogP contribution is -2.56. The van der Waals surface area contributed by atoms with Crippen molar-refractivity contribution < 1.29 is 9.18 Å². The number of anilines is 1. The van der Waals surface area contributed by atoms with Crippen LogP contribution in [0.4, 0.5) is 14.9 Å². The molecule has 1 aromatic heterocycles. The molecular formula is C18H22FN5O. The lowest BCUT2D eigenvalue weighted by Gasteiger charge is -2.41. The molecule has 1 saturated heterocycles. The molecule has 3 rings (SSSR count). The Kier molecular flexibility index (Phi) is 5.11. The second-order valence-electron chi connectivity index (χ2n) is 6.09. The first-order chi connectivity index (χ1) is 12.1. The Bertz CT molecular complexity index is 737. The Morgan fingerprint density at radius 2 is 2.08 bits per heavy atom. The van der Waals surface area contributed by atoms with Crippen molar-refractivity contribution in [2.45, 2.75) is 19.9 Å². The van der Waals surface area contributed by atoms with E-state index in [1.165, 1.54) is 18.5 Å². The summed E-state index contributed by atoms with van der Waals surface area (Å²) in [6, 6.07) is 6.39. The number of benzene rings is 1. The van der Waals surface area contributed by atoms with Crippen molar-refractivity contribution >= 4 is 11.7 Å². The molecule has 0 unspecified atom stereocenters. The second kappa shape index (κ2) is 7.46. The van der Waals surface area contributed by atoms with E-state index < -0.39 is 0 Å². The van der Waals surface area contributed by atoms with E-state index in [1.807, 2.05) is 11.8 Å². The molecule has 7 heteroatoms. The van der Waals surface area contributed by atoms with Crippen LogP contribution in [0.25, 0.3) is 11.3 Å². The van der Waals surface area contributed by atoms with Gasteiger partial charge in [-0.05, 0) is 38.1 Å². The molecule has 1 fully saturated rings. The van der Waals surface area contributed by atoms with Gasteiger partial charge in [-0.1, -0.05) is 0 Å². The fourth-order valence-corrected chi connectivity index (χ4v) is 3.13. The fourth-order valence-electron chi connectivity index (χ4n) is 3.13. The smallest absolute Gasteiger partial charge is 0.317 e. The van der Waals surface area contributed by atoms with Gasteiger partial charge in [-0.2, -0.15) is 0 Å². The number of nitrogens with zero attached hydrogens (tertiary/aromatic N) is 4. The lowest BCUT2D eigenvalue weighted by atomic mass is 10.1. The predicted molar refractivity (Wildman–Crippen MR) is 94.9 cm³/mol. The molecule has 1 aromatic carbocycles. The number of carbonyl (C=O) groups excluding carboxylic acids is 1. The van der Waals surface area contributed by atoms with Crippen LogP contribution in [0.1, 0.15) is 13.8 Å². The van der Waals surface area contributed by atoms with Crippen molar-refractivity contribution in [3.63, 3.8) is 0 Å². The van der Waals surface area contributed by atoms with Crippen LogP contribution in [0.3, 0.4) is 0 Å². The van der Waals surface area contributed by atoms with E-state index in [1.54, 1.807) is 18.3 Å². The summed E-state index contributed by atoms with van der Waals surface area (Å²) in [5.74, 6) is -0.275. The average molecular weight is 343 g/mol. The summed E-state index contributed by atoms with van der Waals surface area (Å²) in [7, 11) is 0. The van der Waals surface area contributed by atoms with E-state index in [9.17, 15) is 9.18 Å². The maximum absolute atomic E-state index is 13.2. The van der Waals surface area contributed by atoms with Gasteiger partial charge in [0.15, 0.2) is 0 Å². The van der Waals surface area contributed by atoms with E-state index in [4.69, 9.17) is 0 Å². The van der Waals surface area contributed by atoms with E-state index in [0.717, 1.165) is 16.9 Å². The highest BCUT2D eigenvalue weighted by molar-refractivity contribution is 5.76. The highest BCUT2D eigenvalue weighted by Gasteiger charge is 2.28. The Labute approximate surface area is 146 Å². The molecule has 0 radical (unpaired) electrons. The molecule has 6 nitrogen and oxygen atoms in total. The summed E-state index contributed by atoms with van der Waals surface area (Å²) in [4.78, 5) is 24.6. The lowest BCUT2D eigenvalue weighted by molar-refractivity contribution is 0.187. The van der Waals surface area contributed by atoms with Crippen LogP contribution in [0.15, 0.2) is 36.8 Å². The minimum Gasteiger partial charge on any atom is -0.362 e. The number of hydrogen-bond donors (Lipinski definition) is 1. The number of amides is 2. The topological polar surface area (TPSA) is 61.4 Å². The summed E-state index contributed by atoms with van der Waals surface area (Å²) in [5, 5.41) is 2.84. The number of aromatic nitrogens is 2. The molecule has 2 aromatic rings. The first-order valence-corrected chi connectivity index (χ1v) is 8.45. The molecule has 0 saturated carbocycles. The van der Waals surface area contributed by atoms with Crippen LogP contribution in [0.5, 0.6) is 0 Å². The van der Waals surface area contributed by atoms with E-state index >= 15 is 0 Å². The normalized spacial score (nSPS) is 17.5. The molecule has 1 N–H and O–H groups in total. The maximum Gasteiger partial charge on any atom is 0.317 e. The first-order valence-electron chi connectivity index (χ1n) is 8.45. The number of nitrogens with one attached hydrogen (secondary N) is 1. The third kappa shape index (κ3) is 3.70. The number of piperazine rings is 1. The number of hydrogen-bond acceptors (Lipinski definition) is 4. The van der Waals surface area contributed by atoms with Gasteiger partial charge in [0.25, 0.3) is 0 Å². The molecule has 132 valence electrons. The summed E-state index contributed by atoms with van der Waals surface area (Å²) >= 11 is 0. The van der Waals surface area contributed by atoms with Crippen LogP contribution < -0.4 is 10.2 Å². The minimum absolute atomic E-state index is 0.0305. The van der Waals surface area contributed by atoms with Crippen molar-refractivity contribution in [2.75, 3.05) is 31.1 Å². The fraction of sp³-hybridized carbons (Fsp3) is 0.389. The number of halogens is 1. The van der Waals surface area contributed by atoms with Gasteiger partial charge in [-0.15, -0.1) is 0 Å². The van der Waals surface area contributed by atoms with Gasteiger partial charge in [-0.25, -0.2) is 19.2 Å². The largest absolute Gasteiger partial charge is 0.362 e. The Morgan fingerprint density at radius 3 is 2.76 bits per heavy atom. The van der Waals surface area contributed by atoms with E-state index in [0.29, 0.717) is 26.2 Å². The first kappa shape index (κ1) is 17.1. The van der Waals surface area contributed by atoms with Gasteiger partial charge in [0, 0.05) is 37.8 Å². The van der Waals surface area contributed by atoms with Gasteiger partial charge in [0.05, 0.1) is 17.6 Å². The van der Waals surface area contributed by atoms with E-state index in [-0.39, 0.29) is 17.9 Å². The SMILES string of the molecule is CCNC(=O)N1CCN(c2cncnc2-c2ccc(F)cc2)[C@@H](C)C1. The zero-order chi connectivity index (χ0) is 17.8. The maximum atomic E-state index is 13.2. The van der Waals surface area contributed by atoms with Crippen LogP contribution in [-0.4, -0.2) is 53.1 Å². The van der Waals surface area contributed by atoms with Gasteiger partial charge >= 0.3 is 6.03 Å². The molecule has 0 bridgehead atoms. The molecule has 25 heavy (non-hydrogen) atoms. The Hall–Kier alpha value is -2.70. The number of carbonyl (C=O) groups is 1. The van der Waals surface area contributed by atoms with Crippen molar-refractivity contribution in [3.05, 3.63) is 42.6 Å². The van der Waals surface area contributed by atoms with Gasteiger partial charge < -0.3 is 15.1 Å². The summed E-state index contributed by atoms with van der Waals surface area (Å²) in [5.41, 5.74) is 2.52. The monoisotopic (exact) mass is 343 g/mol. The summed E-state index contributed by atoms with van der Waals surface area (Å²) in [6.07, 6.45) is 3.28. The highest BCUT2D eigenvalue weighted by atomic mass is 19.1. The molecule has 0 spiro atoms. The molecule has 0 aliphatic carbocycles. The molecule has 2 amide bonds. The minimum atomic E-state index is -0.275. The highest BCUT2D eigenvalue weighted by Crippen LogP contribution is 2.30. The van der Waals surface area contributed by atoms with Gasteiger partial charge in [0.1, 0.15) is 12.1 Å². The van der Waals surface area contributed by atoms with Crippen LogP contribution in [0.2, 0.25) is 0 Å². The Morgan fingerprint density at radius 1 is 1.32 bits per heavy atom. The third-order valence-electron chi connectivity index (χ3n) is 4.36. The van der Waals surface area contributed by atoms with E-state index in [2.05, 4.69) is 27.1 Å². The summed E-state index contributed by atoms with van der Waals surface area (Å²) in [6.45, 7) is 6.56. The van der Waals surface area contributed by atoms with Crippen molar-refractivity contribution in [2.24, 2.45) is 0 Å². The second-order valence-corrected chi connectivity index (χ2v) is 6.09. The predicted octanol–water partition coefficient (Wildman–Crippen LogP) is 2.52. The zero-order valence-electron chi connectivity index (χ0n) is 14.4. The standard InChI is InChI=1S/C18H22FN5O/c1-3-21-18(25)23-8-9-24(13(2)11-23)16-10-20-12-22-17(16)14-4-6-15(19)7-5-14/h4-7,10,12-13H,3,8-9,11H2,1-2H3,(H,21,25)/t13-/m0/s1. The van der Waals surface area contributed by atoms with Crippen LogP contribution in [0, 0.1) is 5.82 Å². The average Bonchev–Trinajstić information content (AvgIpc) is 2.62. The van der Waals surface area contributed by atoms with Crippen molar-refractivity contribution in [3.8, 4) is 11.3 Å². The molecule has 1 aliphatic rings. The van der Waals surface area contributed by atoms with Crippen molar-refractivity contribution in [1.82, 2.24) is 20.2 Å². The Balaban J connectivity index is 1.83. The van der Waals surface area contributed by atoms with Crippen LogP contribution in [-0.2, 0) is 0 Å². The molecule has 1 aliphatic heterocycles. The van der Waals surface area contributed by atoms with Crippen molar-refractivity contribution in [1.29, 1.82) is 0 Å². The quantitative estimate of drug-likeness (QED) is 0.930. The van der Waals surface area contributed by atoms with Gasteiger partial charge in [-0.3, -0.25) is 0 Å². The van der Waals surface area contributed by atoms with Crippen LogP contribution >= 0.6 is 0 Å². The summed E-state index contributed by atoms with van der Waals surface area (Å²) < 4.78 is 13.2.